The van der Waals surface area contributed by atoms with Gasteiger partial charge in [-0.25, -0.2) is 4.79 Å². The number of nitrogens with zero attached hydrogens (tertiary/aromatic N) is 3. The zero-order chi connectivity index (χ0) is 18.3. The lowest BCUT2D eigenvalue weighted by Gasteiger charge is -2.15. The van der Waals surface area contributed by atoms with Crippen molar-refractivity contribution in [3.8, 4) is 5.75 Å². The number of hydrogen-bond donors (Lipinski definition) is 0. The lowest BCUT2D eigenvalue weighted by Crippen LogP contribution is -2.46. The number of ether oxygens (including phenoxy) is 2. The smallest absolute Gasteiger partial charge is 0.497 e. The van der Waals surface area contributed by atoms with E-state index in [1.807, 2.05) is 0 Å². The van der Waals surface area contributed by atoms with Crippen LogP contribution in [0.25, 0.3) is 0 Å². The van der Waals surface area contributed by atoms with Gasteiger partial charge >= 0.3 is 12.0 Å². The topological polar surface area (TPSA) is 72.6 Å². The van der Waals surface area contributed by atoms with E-state index in [2.05, 4.69) is 4.98 Å². The van der Waals surface area contributed by atoms with Gasteiger partial charge in [0.2, 0.25) is 0 Å². The molecular formula is C19H20N3O4+. The number of aromatic nitrogens is 2. The Morgan fingerprint density at radius 2 is 2.04 bits per heavy atom. The number of carbonyl (C=O) groups is 2. The molecule has 4 rings (SSSR count). The number of anilines is 1. The van der Waals surface area contributed by atoms with Gasteiger partial charge in [-0.05, 0) is 44.0 Å². The Balaban J connectivity index is 1.77. The molecule has 1 unspecified atom stereocenters. The normalized spacial score (nSPS) is 18.6. The van der Waals surface area contributed by atoms with E-state index < -0.39 is 12.0 Å². The van der Waals surface area contributed by atoms with Crippen LogP contribution < -0.4 is 14.2 Å². The first-order valence-corrected chi connectivity index (χ1v) is 8.69. The zero-order valence-corrected chi connectivity index (χ0v) is 14.7. The summed E-state index contributed by atoms with van der Waals surface area (Å²) in [7, 11) is 1.58. The molecule has 2 aliphatic rings. The van der Waals surface area contributed by atoms with Gasteiger partial charge in [0.25, 0.3) is 6.04 Å². The van der Waals surface area contributed by atoms with Crippen LogP contribution in [0.4, 0.5) is 10.5 Å². The molecule has 1 aliphatic carbocycles. The first-order chi connectivity index (χ1) is 12.6. The van der Waals surface area contributed by atoms with Gasteiger partial charge < -0.3 is 9.47 Å². The third kappa shape index (κ3) is 2.69. The molecule has 0 radical (unpaired) electrons. The van der Waals surface area contributed by atoms with E-state index >= 15 is 0 Å². The summed E-state index contributed by atoms with van der Waals surface area (Å²) in [6.07, 6.45) is 5.55. The summed E-state index contributed by atoms with van der Waals surface area (Å²) in [5, 5.41) is 0. The molecule has 7 heteroatoms. The second-order valence-electron chi connectivity index (χ2n) is 6.39. The molecule has 0 saturated heterocycles. The number of hydrogen-bond acceptors (Lipinski definition) is 5. The lowest BCUT2D eigenvalue weighted by molar-refractivity contribution is -0.570. The monoisotopic (exact) mass is 354 g/mol. The van der Waals surface area contributed by atoms with Crippen LogP contribution in [0.2, 0.25) is 0 Å². The van der Waals surface area contributed by atoms with Gasteiger partial charge in [0.1, 0.15) is 17.6 Å². The zero-order valence-electron chi connectivity index (χ0n) is 14.7. The summed E-state index contributed by atoms with van der Waals surface area (Å²) in [5.74, 6) is 0.622. The predicted molar refractivity (Wildman–Crippen MR) is 92.0 cm³/mol. The van der Waals surface area contributed by atoms with Crippen LogP contribution in [-0.2, 0) is 9.53 Å². The van der Waals surface area contributed by atoms with Gasteiger partial charge in [-0.15, -0.1) is 0 Å². The molecule has 2 heterocycles. The van der Waals surface area contributed by atoms with Gasteiger partial charge in [0.05, 0.1) is 25.6 Å². The summed E-state index contributed by atoms with van der Waals surface area (Å²) in [6, 6.07) is 5.89. The number of carbonyl (C=O) groups excluding carboxylic acids is 2. The summed E-state index contributed by atoms with van der Waals surface area (Å²) in [4.78, 5) is 31.6. The van der Waals surface area contributed by atoms with Gasteiger partial charge in [-0.1, -0.05) is 0 Å². The Morgan fingerprint density at radius 3 is 2.65 bits per heavy atom. The van der Waals surface area contributed by atoms with Crippen LogP contribution in [0.1, 0.15) is 43.1 Å². The highest BCUT2D eigenvalue weighted by molar-refractivity contribution is 5.97. The molecule has 1 aromatic heterocycles. The molecule has 134 valence electrons. The molecule has 0 bridgehead atoms. The van der Waals surface area contributed by atoms with Crippen LogP contribution >= 0.6 is 0 Å². The van der Waals surface area contributed by atoms with E-state index in [1.165, 1.54) is 9.47 Å². The number of fused-ring (bicyclic) bond motifs is 1. The third-order valence-electron chi connectivity index (χ3n) is 4.69. The quantitative estimate of drug-likeness (QED) is 0.609. The molecule has 1 atom stereocenters. The Bertz CT molecular complexity index is 862. The summed E-state index contributed by atoms with van der Waals surface area (Å²) < 4.78 is 11.9. The molecule has 1 aromatic carbocycles. The van der Waals surface area contributed by atoms with Crippen molar-refractivity contribution in [1.82, 2.24) is 4.98 Å². The molecule has 1 amide bonds. The lowest BCUT2D eigenvalue weighted by atomic mass is 10.1. The predicted octanol–water partition coefficient (Wildman–Crippen LogP) is 2.35. The van der Waals surface area contributed by atoms with E-state index in [0.717, 1.165) is 18.5 Å². The van der Waals surface area contributed by atoms with Gasteiger partial charge in [-0.2, -0.15) is 14.3 Å². The molecule has 0 spiro atoms. The highest BCUT2D eigenvalue weighted by atomic mass is 16.5. The fraction of sp³-hybridized carbons (Fsp3) is 0.368. The Kier molecular flexibility index (Phi) is 4.06. The maximum absolute atomic E-state index is 13.1. The minimum atomic E-state index is -0.850. The van der Waals surface area contributed by atoms with Crippen molar-refractivity contribution in [2.24, 2.45) is 0 Å². The molecule has 0 N–H and O–H groups in total. The number of benzene rings is 1. The van der Waals surface area contributed by atoms with Crippen LogP contribution in [0, 0.1) is 0 Å². The maximum Gasteiger partial charge on any atom is 0.504 e. The molecule has 26 heavy (non-hydrogen) atoms. The number of rotatable bonds is 5. The van der Waals surface area contributed by atoms with Crippen molar-refractivity contribution < 1.29 is 23.6 Å². The minimum absolute atomic E-state index is 0.244. The first-order valence-electron chi connectivity index (χ1n) is 8.69. The molecule has 1 aliphatic heterocycles. The summed E-state index contributed by atoms with van der Waals surface area (Å²) >= 11 is 0. The standard InChI is InChI=1S/C19H20N3O4/c1-3-26-18(23)17-16-10-20-15(12-4-5-12)11-21(16)19(24)22(17)13-6-8-14(25-2)9-7-13/h6-12,17H,3-5H2,1-2H3/q+1. The highest BCUT2D eigenvalue weighted by Gasteiger charge is 2.52. The van der Waals surface area contributed by atoms with Crippen molar-refractivity contribution in [1.29, 1.82) is 0 Å². The van der Waals surface area contributed by atoms with Crippen LogP contribution in [0.3, 0.4) is 0 Å². The second kappa shape index (κ2) is 6.40. The van der Waals surface area contributed by atoms with E-state index in [0.29, 0.717) is 23.0 Å². The fourth-order valence-electron chi connectivity index (χ4n) is 3.21. The van der Waals surface area contributed by atoms with E-state index in [4.69, 9.17) is 9.47 Å². The van der Waals surface area contributed by atoms with Crippen LogP contribution in [-0.4, -0.2) is 30.7 Å². The van der Waals surface area contributed by atoms with Crippen molar-refractivity contribution in [2.45, 2.75) is 31.7 Å². The Morgan fingerprint density at radius 1 is 1.31 bits per heavy atom. The number of esters is 1. The van der Waals surface area contributed by atoms with Gasteiger partial charge in [0.15, 0.2) is 5.69 Å². The van der Waals surface area contributed by atoms with Gasteiger partial charge in [-0.3, -0.25) is 4.98 Å². The first kappa shape index (κ1) is 16.5. The van der Waals surface area contributed by atoms with Crippen molar-refractivity contribution in [3.05, 3.63) is 48.0 Å². The molecule has 1 fully saturated rings. The summed E-state index contributed by atoms with van der Waals surface area (Å²) in [6.45, 7) is 1.99. The Hall–Kier alpha value is -2.96. The second-order valence-corrected chi connectivity index (χ2v) is 6.39. The van der Waals surface area contributed by atoms with E-state index in [9.17, 15) is 9.59 Å². The third-order valence-corrected chi connectivity index (χ3v) is 4.69. The molecule has 1 saturated carbocycles. The van der Waals surface area contributed by atoms with Crippen molar-refractivity contribution >= 4 is 17.7 Å². The number of amides is 1. The molecule has 2 aromatic rings. The van der Waals surface area contributed by atoms with Gasteiger partial charge in [0, 0.05) is 5.92 Å². The fourth-order valence-corrected chi connectivity index (χ4v) is 3.21. The largest absolute Gasteiger partial charge is 0.504 e. The van der Waals surface area contributed by atoms with Crippen LogP contribution in [0.5, 0.6) is 5.75 Å². The van der Waals surface area contributed by atoms with E-state index in [-0.39, 0.29) is 12.6 Å². The molecular weight excluding hydrogens is 334 g/mol. The van der Waals surface area contributed by atoms with Crippen molar-refractivity contribution in [2.75, 3.05) is 18.6 Å². The Labute approximate surface area is 151 Å². The summed E-state index contributed by atoms with van der Waals surface area (Å²) in [5.41, 5.74) is 2.01. The SMILES string of the molecule is CCOC(=O)C1c2cnc(C3CC3)c[n+]2C(=O)N1c1ccc(OC)cc1. The number of methoxy groups -OCH3 is 1. The highest BCUT2D eigenvalue weighted by Crippen LogP contribution is 2.39. The average molecular weight is 354 g/mol. The maximum atomic E-state index is 13.1. The van der Waals surface area contributed by atoms with Crippen LogP contribution in [0.15, 0.2) is 36.7 Å². The van der Waals surface area contributed by atoms with Crippen molar-refractivity contribution in [3.63, 3.8) is 0 Å². The van der Waals surface area contributed by atoms with E-state index in [1.54, 1.807) is 50.7 Å². The minimum Gasteiger partial charge on any atom is -0.497 e. The molecule has 7 nitrogen and oxygen atoms in total. The average Bonchev–Trinajstić information content (AvgIpc) is 3.47.